The van der Waals surface area contributed by atoms with Crippen LogP contribution in [-0.4, -0.2) is 40.1 Å². The van der Waals surface area contributed by atoms with Crippen molar-refractivity contribution in [3.63, 3.8) is 0 Å². The van der Waals surface area contributed by atoms with E-state index in [2.05, 4.69) is 14.8 Å². The van der Waals surface area contributed by atoms with Crippen molar-refractivity contribution in [2.24, 2.45) is 0 Å². The lowest BCUT2D eigenvalue weighted by Crippen LogP contribution is -2.51. The van der Waals surface area contributed by atoms with Gasteiger partial charge in [0.05, 0.1) is 7.11 Å². The van der Waals surface area contributed by atoms with Crippen molar-refractivity contribution < 1.29 is 22.4 Å². The van der Waals surface area contributed by atoms with E-state index in [1.807, 2.05) is 6.92 Å². The van der Waals surface area contributed by atoms with Crippen molar-refractivity contribution in [2.75, 3.05) is 13.7 Å². The number of rotatable bonds is 4. The normalized spacial score (nSPS) is 22.0. The van der Waals surface area contributed by atoms with Gasteiger partial charge in [-0.05, 0) is 33.2 Å². The van der Waals surface area contributed by atoms with E-state index in [-0.39, 0.29) is 40.9 Å². The maximum atomic E-state index is 12.3. The highest BCUT2D eigenvalue weighted by Gasteiger charge is 2.30. The van der Waals surface area contributed by atoms with Crippen LogP contribution in [0.1, 0.15) is 35.9 Å². The Morgan fingerprint density at radius 2 is 2.18 bits per heavy atom. The Balaban J connectivity index is 0.00000242. The largest absolute Gasteiger partial charge is 0.465 e. The smallest absolute Gasteiger partial charge is 0.341 e. The van der Waals surface area contributed by atoms with Gasteiger partial charge in [0.1, 0.15) is 11.3 Å². The molecule has 1 fully saturated rings. The van der Waals surface area contributed by atoms with E-state index in [1.54, 1.807) is 0 Å². The number of hydrogen-bond acceptors (Lipinski definition) is 6. The van der Waals surface area contributed by atoms with Crippen LogP contribution < -0.4 is 10.0 Å². The lowest BCUT2D eigenvalue weighted by atomic mass is 10.0. The lowest BCUT2D eigenvalue weighted by Gasteiger charge is -2.29. The minimum atomic E-state index is -3.80. The first kappa shape index (κ1) is 19.0. The molecule has 0 saturated carbocycles. The number of piperidine rings is 1. The predicted molar refractivity (Wildman–Crippen MR) is 82.8 cm³/mol. The zero-order chi connectivity index (χ0) is 15.6. The van der Waals surface area contributed by atoms with E-state index in [4.69, 9.17) is 4.42 Å². The second-order valence-corrected chi connectivity index (χ2v) is 6.78. The van der Waals surface area contributed by atoms with Crippen LogP contribution in [0.3, 0.4) is 0 Å². The summed E-state index contributed by atoms with van der Waals surface area (Å²) in [5, 5.41) is 2.95. The van der Waals surface area contributed by atoms with E-state index in [0.29, 0.717) is 0 Å². The molecule has 22 heavy (non-hydrogen) atoms. The molecule has 0 aromatic carbocycles. The third kappa shape index (κ3) is 4.01. The number of aryl methyl sites for hydroxylation is 1. The van der Waals surface area contributed by atoms with E-state index < -0.39 is 16.0 Å². The average Bonchev–Trinajstić information content (AvgIpc) is 2.83. The highest BCUT2D eigenvalue weighted by molar-refractivity contribution is 7.89. The number of furan rings is 1. The van der Waals surface area contributed by atoms with Gasteiger partial charge in [-0.15, -0.1) is 12.4 Å². The second kappa shape index (κ2) is 7.45. The zero-order valence-corrected chi connectivity index (χ0v) is 14.3. The van der Waals surface area contributed by atoms with Crippen LogP contribution in [-0.2, 0) is 14.8 Å². The molecule has 2 rings (SSSR count). The molecule has 9 heteroatoms. The highest BCUT2D eigenvalue weighted by Crippen LogP contribution is 2.21. The van der Waals surface area contributed by atoms with Gasteiger partial charge in [0.25, 0.3) is 10.0 Å². The molecule has 0 aliphatic carbocycles. The summed E-state index contributed by atoms with van der Waals surface area (Å²) >= 11 is 0. The van der Waals surface area contributed by atoms with Crippen molar-refractivity contribution >= 4 is 28.4 Å². The van der Waals surface area contributed by atoms with Gasteiger partial charge >= 0.3 is 5.97 Å². The fraction of sp³-hybridized carbons (Fsp3) is 0.615. The van der Waals surface area contributed by atoms with Crippen LogP contribution in [0.4, 0.5) is 0 Å². The first-order valence-corrected chi connectivity index (χ1v) is 8.28. The van der Waals surface area contributed by atoms with Crippen LogP contribution in [0.2, 0.25) is 0 Å². The maximum Gasteiger partial charge on any atom is 0.341 e. The molecule has 2 heterocycles. The van der Waals surface area contributed by atoms with Crippen molar-refractivity contribution in [1.82, 2.24) is 10.0 Å². The first-order chi connectivity index (χ1) is 9.85. The molecule has 0 amide bonds. The minimum Gasteiger partial charge on any atom is -0.465 e. The van der Waals surface area contributed by atoms with E-state index in [0.717, 1.165) is 19.4 Å². The van der Waals surface area contributed by atoms with Crippen LogP contribution in [0, 0.1) is 6.92 Å². The molecule has 1 aromatic heterocycles. The van der Waals surface area contributed by atoms with Crippen molar-refractivity contribution in [1.29, 1.82) is 0 Å². The number of carbonyl (C=O) groups excluding carboxylic acids is 1. The van der Waals surface area contributed by atoms with Crippen molar-refractivity contribution in [3.05, 3.63) is 17.4 Å². The number of sulfonamides is 1. The Kier molecular flexibility index (Phi) is 6.42. The fourth-order valence-corrected chi connectivity index (χ4v) is 3.71. The molecule has 1 aromatic rings. The van der Waals surface area contributed by atoms with Crippen LogP contribution in [0.5, 0.6) is 0 Å². The van der Waals surface area contributed by atoms with Gasteiger partial charge in [-0.25, -0.2) is 17.9 Å². The van der Waals surface area contributed by atoms with Gasteiger partial charge in [-0.1, -0.05) is 0 Å². The molecule has 1 aliphatic heterocycles. The number of nitrogens with one attached hydrogen (secondary N) is 2. The summed E-state index contributed by atoms with van der Waals surface area (Å²) in [5.41, 5.74) is 0.118. The van der Waals surface area contributed by atoms with Gasteiger partial charge in [0.15, 0.2) is 0 Å². The number of halogens is 1. The lowest BCUT2D eigenvalue weighted by molar-refractivity contribution is 0.0599. The van der Waals surface area contributed by atoms with Gasteiger partial charge < -0.3 is 14.5 Å². The predicted octanol–water partition coefficient (Wildman–Crippen LogP) is 1.22. The summed E-state index contributed by atoms with van der Waals surface area (Å²) in [4.78, 5) is 11.5. The Hall–Kier alpha value is -1.09. The monoisotopic (exact) mass is 352 g/mol. The summed E-state index contributed by atoms with van der Waals surface area (Å²) in [6, 6.07) is 1.05. The molecule has 0 radical (unpaired) electrons. The SMILES string of the molecule is COC(=O)c1cc(S(=O)(=O)NC2CCCNC2C)oc1C.Cl. The average molecular weight is 353 g/mol. The van der Waals surface area contributed by atoms with Crippen LogP contribution >= 0.6 is 12.4 Å². The van der Waals surface area contributed by atoms with Crippen LogP contribution in [0.15, 0.2) is 15.6 Å². The zero-order valence-electron chi connectivity index (χ0n) is 12.7. The number of methoxy groups -OCH3 is 1. The number of carbonyl (C=O) groups is 1. The van der Waals surface area contributed by atoms with Crippen molar-refractivity contribution in [2.45, 2.75) is 43.9 Å². The van der Waals surface area contributed by atoms with E-state index in [9.17, 15) is 13.2 Å². The Morgan fingerprint density at radius 3 is 2.77 bits per heavy atom. The Bertz CT molecular complexity index is 628. The Morgan fingerprint density at radius 1 is 1.50 bits per heavy atom. The third-order valence-corrected chi connectivity index (χ3v) is 4.98. The van der Waals surface area contributed by atoms with Gasteiger partial charge in [-0.2, -0.15) is 0 Å². The molecule has 0 bridgehead atoms. The number of esters is 1. The molecule has 0 spiro atoms. The first-order valence-electron chi connectivity index (χ1n) is 6.79. The quantitative estimate of drug-likeness (QED) is 0.790. The molecular weight excluding hydrogens is 332 g/mol. The second-order valence-electron chi connectivity index (χ2n) is 5.14. The molecule has 2 N–H and O–H groups in total. The van der Waals surface area contributed by atoms with Gasteiger partial charge in [0, 0.05) is 18.2 Å². The van der Waals surface area contributed by atoms with E-state index in [1.165, 1.54) is 20.1 Å². The molecule has 1 saturated heterocycles. The summed E-state index contributed by atoms with van der Waals surface area (Å²) < 4.78 is 37.1. The number of ether oxygens (including phenoxy) is 1. The third-order valence-electron chi connectivity index (χ3n) is 3.63. The van der Waals surface area contributed by atoms with E-state index >= 15 is 0 Å². The molecular formula is C13H21ClN2O5S. The molecule has 1 aliphatic rings. The van der Waals surface area contributed by atoms with Gasteiger partial charge in [0.2, 0.25) is 5.09 Å². The molecule has 126 valence electrons. The standard InChI is InChI=1S/C13H20N2O5S.ClH/c1-8-11(5-4-6-14-8)15-21(17,18)12-7-10(9(2)20-12)13(16)19-3;/h7-8,11,14-15H,4-6H2,1-3H3;1H. The maximum absolute atomic E-state index is 12.3. The van der Waals surface area contributed by atoms with Crippen molar-refractivity contribution in [3.8, 4) is 0 Å². The summed E-state index contributed by atoms with van der Waals surface area (Å²) in [6.07, 6.45) is 1.67. The highest BCUT2D eigenvalue weighted by atomic mass is 35.5. The molecule has 7 nitrogen and oxygen atoms in total. The summed E-state index contributed by atoms with van der Waals surface area (Å²) in [5.74, 6) is -0.401. The minimum absolute atomic E-state index is 0. The summed E-state index contributed by atoms with van der Waals surface area (Å²) in [6.45, 7) is 4.33. The fourth-order valence-electron chi connectivity index (χ4n) is 2.36. The molecule has 2 atom stereocenters. The summed E-state index contributed by atoms with van der Waals surface area (Å²) in [7, 11) is -2.57. The Labute approximate surface area is 136 Å². The van der Waals surface area contributed by atoms with Gasteiger partial charge in [-0.3, -0.25) is 0 Å². The number of hydrogen-bond donors (Lipinski definition) is 2. The molecule has 2 unspecified atom stereocenters. The topological polar surface area (TPSA) is 97.6 Å². The van der Waals surface area contributed by atoms with Crippen LogP contribution in [0.25, 0.3) is 0 Å².